The number of carbonyl (C=O) groups is 1. The summed E-state index contributed by atoms with van der Waals surface area (Å²) in [5.41, 5.74) is 0. The molecule has 2 unspecified atom stereocenters. The van der Waals surface area contributed by atoms with Gasteiger partial charge in [0.1, 0.15) is 11.9 Å². The fourth-order valence-corrected chi connectivity index (χ4v) is 1.76. The molecule has 1 aliphatic carbocycles. The molecule has 0 heterocycles. The molecule has 2 atom stereocenters. The summed E-state index contributed by atoms with van der Waals surface area (Å²) in [4.78, 5) is 8.03. The van der Waals surface area contributed by atoms with Gasteiger partial charge in [-0.2, -0.15) is 8.42 Å². The summed E-state index contributed by atoms with van der Waals surface area (Å²) in [6.07, 6.45) is 0.541. The van der Waals surface area contributed by atoms with Gasteiger partial charge in [0.15, 0.2) is 11.5 Å². The molecule has 0 radical (unpaired) electrons. The van der Waals surface area contributed by atoms with E-state index in [-0.39, 0.29) is 11.5 Å². The van der Waals surface area contributed by atoms with Crippen LogP contribution in [0.25, 0.3) is 0 Å². The maximum Gasteiger partial charge on any atom is 0.301 e. The van der Waals surface area contributed by atoms with Crippen LogP contribution in [0.5, 0.6) is 0 Å². The van der Waals surface area contributed by atoms with Crippen LogP contribution in [0, 0.1) is 0 Å². The molecule has 0 aromatic heterocycles. The van der Waals surface area contributed by atoms with Gasteiger partial charge in [0.25, 0.3) is 0 Å². The van der Waals surface area contributed by atoms with E-state index in [1.807, 2.05) is 0 Å². The van der Waals surface area contributed by atoms with Gasteiger partial charge in [-0.1, -0.05) is 6.58 Å². The summed E-state index contributed by atoms with van der Waals surface area (Å²) in [5.74, 6) is -0.735. The summed E-state index contributed by atoms with van der Waals surface area (Å²) in [6, 6.07) is 0. The molecular formula is C10H12O7S. The van der Waals surface area contributed by atoms with Crippen LogP contribution in [0.2, 0.25) is 0 Å². The van der Waals surface area contributed by atoms with Gasteiger partial charge in [0, 0.05) is 6.92 Å². The van der Waals surface area contributed by atoms with Crippen LogP contribution in [0.15, 0.2) is 36.3 Å². The van der Waals surface area contributed by atoms with Gasteiger partial charge in [0.2, 0.25) is 4.93 Å². The van der Waals surface area contributed by atoms with Gasteiger partial charge in [-0.05, 0) is 18.2 Å². The molecule has 0 fully saturated rings. The number of rotatable bonds is 4. The second-order valence-electron chi connectivity index (χ2n) is 3.66. The van der Waals surface area contributed by atoms with Crippen molar-refractivity contribution in [2.75, 3.05) is 0 Å². The van der Waals surface area contributed by atoms with Crippen molar-refractivity contribution in [3.63, 3.8) is 0 Å². The fourth-order valence-electron chi connectivity index (χ4n) is 1.15. The number of aliphatic hydroxyl groups is 2. The molecule has 0 bridgehead atoms. The number of aliphatic hydroxyl groups excluding tert-OH is 1. The first-order valence-corrected chi connectivity index (χ1v) is 6.18. The van der Waals surface area contributed by atoms with E-state index < -0.39 is 26.9 Å². The Balaban J connectivity index is 2.96. The number of hydrogen-bond donors (Lipinski definition) is 3. The highest BCUT2D eigenvalue weighted by atomic mass is 32.2. The molecule has 0 saturated carbocycles. The predicted molar refractivity (Wildman–Crippen MR) is 60.6 cm³/mol. The molecule has 8 heteroatoms. The van der Waals surface area contributed by atoms with E-state index in [0.717, 1.165) is 12.2 Å². The highest BCUT2D eigenvalue weighted by Crippen LogP contribution is 2.27. The molecule has 0 aliphatic heterocycles. The average Bonchev–Trinajstić information content (AvgIpc) is 2.21. The Morgan fingerprint density at radius 1 is 1.56 bits per heavy atom. The van der Waals surface area contributed by atoms with Gasteiger partial charge in [-0.15, -0.1) is 0 Å². The normalized spacial score (nSPS) is 27.6. The van der Waals surface area contributed by atoms with Gasteiger partial charge >= 0.3 is 10.1 Å². The lowest BCUT2D eigenvalue weighted by Gasteiger charge is -2.27. The monoisotopic (exact) mass is 276 g/mol. The van der Waals surface area contributed by atoms with Gasteiger partial charge in [-0.3, -0.25) is 9.35 Å². The van der Waals surface area contributed by atoms with Crippen molar-refractivity contribution in [2.45, 2.75) is 18.0 Å². The third kappa shape index (κ3) is 2.67. The predicted octanol–water partition coefficient (Wildman–Crippen LogP) is -0.503. The van der Waals surface area contributed by atoms with Crippen molar-refractivity contribution in [3.8, 4) is 0 Å². The summed E-state index contributed by atoms with van der Waals surface area (Å²) in [6.45, 7) is 4.51. The van der Waals surface area contributed by atoms with Crippen LogP contribution in [-0.4, -0.2) is 40.0 Å². The molecule has 3 N–H and O–H groups in total. The lowest BCUT2D eigenvalue weighted by Crippen LogP contribution is -2.47. The first-order chi connectivity index (χ1) is 8.08. The molecule has 18 heavy (non-hydrogen) atoms. The van der Waals surface area contributed by atoms with Crippen LogP contribution < -0.4 is 0 Å². The van der Waals surface area contributed by atoms with E-state index in [1.54, 1.807) is 0 Å². The van der Waals surface area contributed by atoms with E-state index in [1.165, 1.54) is 6.92 Å². The van der Waals surface area contributed by atoms with Gasteiger partial charge in [0.05, 0.1) is 0 Å². The number of carbonyl (C=O) groups excluding carboxylic acids is 1. The Labute approximate surface area is 103 Å². The summed E-state index contributed by atoms with van der Waals surface area (Å²) in [5, 5.41) is 19.0. The second-order valence-corrected chi connectivity index (χ2v) is 5.26. The van der Waals surface area contributed by atoms with E-state index >= 15 is 0 Å². The zero-order valence-electron chi connectivity index (χ0n) is 9.40. The lowest BCUT2D eigenvalue weighted by atomic mass is 10.1. The minimum absolute atomic E-state index is 0.0731. The molecule has 0 aromatic carbocycles. The highest BCUT2D eigenvalue weighted by molar-refractivity contribution is 7.87. The maximum absolute atomic E-state index is 10.9. The Hall–Kier alpha value is -1.48. The summed E-state index contributed by atoms with van der Waals surface area (Å²) in [7, 11) is -4.91. The van der Waals surface area contributed by atoms with Crippen LogP contribution in [0.1, 0.15) is 6.92 Å². The van der Waals surface area contributed by atoms with Crippen LogP contribution >= 0.6 is 0 Å². The first-order valence-electron chi connectivity index (χ1n) is 4.74. The SMILES string of the molecule is C=C(OC1=CC(O)C(O)(S(=O)(=O)O)C=C1)C(C)=O. The van der Waals surface area contributed by atoms with Crippen molar-refractivity contribution < 1.29 is 32.7 Å². The zero-order chi connectivity index (χ0) is 14.1. The van der Waals surface area contributed by atoms with Crippen molar-refractivity contribution in [1.82, 2.24) is 0 Å². The molecule has 100 valence electrons. The average molecular weight is 276 g/mol. The molecule has 7 nitrogen and oxygen atoms in total. The standard InChI is InChI=1S/C10H12O7S/c1-6(11)7(2)17-8-3-4-10(13,9(12)5-8)18(14,15)16/h3-5,9,12-13H,2H2,1H3,(H,14,15,16). The van der Waals surface area contributed by atoms with Gasteiger partial charge < -0.3 is 14.9 Å². The van der Waals surface area contributed by atoms with E-state index in [0.29, 0.717) is 6.08 Å². The van der Waals surface area contributed by atoms with E-state index in [4.69, 9.17) is 9.29 Å². The van der Waals surface area contributed by atoms with Crippen LogP contribution in [0.3, 0.4) is 0 Å². The maximum atomic E-state index is 10.9. The largest absolute Gasteiger partial charge is 0.455 e. The molecule has 0 saturated heterocycles. The van der Waals surface area contributed by atoms with Crippen LogP contribution in [0.4, 0.5) is 0 Å². The highest BCUT2D eigenvalue weighted by Gasteiger charge is 2.46. The minimum Gasteiger partial charge on any atom is -0.455 e. The molecule has 0 amide bonds. The Morgan fingerprint density at radius 3 is 2.50 bits per heavy atom. The molecule has 1 aliphatic rings. The lowest BCUT2D eigenvalue weighted by molar-refractivity contribution is -0.116. The Bertz CT molecular complexity index is 543. The Kier molecular flexibility index (Phi) is 3.77. The fraction of sp³-hybridized carbons (Fsp3) is 0.300. The summed E-state index contributed by atoms with van der Waals surface area (Å²) >= 11 is 0. The third-order valence-electron chi connectivity index (χ3n) is 2.28. The molecule has 0 aromatic rings. The van der Waals surface area contributed by atoms with Crippen molar-refractivity contribution in [2.24, 2.45) is 0 Å². The summed E-state index contributed by atoms with van der Waals surface area (Å²) < 4.78 is 35.5. The minimum atomic E-state index is -4.91. The van der Waals surface area contributed by atoms with Crippen molar-refractivity contribution in [3.05, 3.63) is 36.3 Å². The molecule has 1 rings (SSSR count). The molecular weight excluding hydrogens is 264 g/mol. The first kappa shape index (κ1) is 14.6. The molecule has 0 spiro atoms. The zero-order valence-corrected chi connectivity index (χ0v) is 10.2. The third-order valence-corrected chi connectivity index (χ3v) is 3.48. The number of allylic oxidation sites excluding steroid dienone is 2. The van der Waals surface area contributed by atoms with Crippen LogP contribution in [-0.2, 0) is 19.6 Å². The number of ether oxygens (including phenoxy) is 1. The number of Topliss-reactive ketones (excluding diaryl/α,β-unsaturated/α-hetero) is 1. The van der Waals surface area contributed by atoms with Crippen molar-refractivity contribution >= 4 is 15.9 Å². The number of hydrogen-bond acceptors (Lipinski definition) is 6. The van der Waals surface area contributed by atoms with E-state index in [2.05, 4.69) is 6.58 Å². The topological polar surface area (TPSA) is 121 Å². The number of ketones is 1. The van der Waals surface area contributed by atoms with E-state index in [9.17, 15) is 23.4 Å². The Morgan fingerprint density at radius 2 is 2.11 bits per heavy atom. The van der Waals surface area contributed by atoms with Crippen molar-refractivity contribution in [1.29, 1.82) is 0 Å². The second kappa shape index (κ2) is 4.65. The smallest absolute Gasteiger partial charge is 0.301 e. The quantitative estimate of drug-likeness (QED) is 0.359. The van der Waals surface area contributed by atoms with Gasteiger partial charge in [-0.25, -0.2) is 0 Å².